The Labute approximate surface area is 101 Å². The minimum Gasteiger partial charge on any atom is -0.385 e. The molecule has 1 saturated carbocycles. The molecule has 0 bridgehead atoms. The Balaban J connectivity index is 3.01. The SMILES string of the molecule is CCC(O)(/C(C)=C/[N+](=O)[O-])C1CCCCC1=O. The first kappa shape index (κ1) is 13.8. The largest absolute Gasteiger partial charge is 0.385 e. The zero-order valence-electron chi connectivity index (χ0n) is 10.3. The molecule has 0 spiro atoms. The minimum absolute atomic E-state index is 0.0247. The third-order valence-electron chi connectivity index (χ3n) is 3.65. The third kappa shape index (κ3) is 2.91. The summed E-state index contributed by atoms with van der Waals surface area (Å²) in [5.41, 5.74) is -1.09. The molecule has 1 N–H and O–H groups in total. The molecule has 5 nitrogen and oxygen atoms in total. The van der Waals surface area contributed by atoms with Gasteiger partial charge in [-0.1, -0.05) is 13.3 Å². The first-order valence-electron chi connectivity index (χ1n) is 5.99. The van der Waals surface area contributed by atoms with E-state index in [1.54, 1.807) is 6.92 Å². The predicted octanol–water partition coefficient (Wildman–Crippen LogP) is 2.07. The summed E-state index contributed by atoms with van der Waals surface area (Å²) in [5, 5.41) is 21.0. The van der Waals surface area contributed by atoms with Gasteiger partial charge in [0.25, 0.3) is 0 Å². The molecular formula is C12H19NO4. The first-order valence-corrected chi connectivity index (χ1v) is 5.99. The standard InChI is InChI=1S/C12H19NO4/c1-3-12(15,9(2)8-13(16)17)10-6-4-5-7-11(10)14/h8,10,15H,3-7H2,1-2H3/b9-8+. The van der Waals surface area contributed by atoms with Gasteiger partial charge >= 0.3 is 0 Å². The molecule has 0 heterocycles. The van der Waals surface area contributed by atoms with Crippen molar-refractivity contribution in [2.75, 3.05) is 0 Å². The van der Waals surface area contributed by atoms with Crippen LogP contribution < -0.4 is 0 Å². The van der Waals surface area contributed by atoms with E-state index in [1.807, 2.05) is 0 Å². The molecule has 0 saturated heterocycles. The van der Waals surface area contributed by atoms with Crippen LogP contribution in [0.2, 0.25) is 0 Å². The maximum Gasteiger partial charge on any atom is 0.236 e. The second-order valence-corrected chi connectivity index (χ2v) is 4.64. The Morgan fingerprint density at radius 1 is 1.65 bits per heavy atom. The van der Waals surface area contributed by atoms with Gasteiger partial charge in [-0.15, -0.1) is 0 Å². The molecule has 17 heavy (non-hydrogen) atoms. The van der Waals surface area contributed by atoms with E-state index in [-0.39, 0.29) is 11.4 Å². The van der Waals surface area contributed by atoms with E-state index in [4.69, 9.17) is 0 Å². The van der Waals surface area contributed by atoms with E-state index in [1.165, 1.54) is 6.92 Å². The average molecular weight is 241 g/mol. The summed E-state index contributed by atoms with van der Waals surface area (Å²) >= 11 is 0. The van der Waals surface area contributed by atoms with Crippen LogP contribution in [0.4, 0.5) is 0 Å². The highest BCUT2D eigenvalue weighted by Gasteiger charge is 2.43. The molecule has 2 atom stereocenters. The van der Waals surface area contributed by atoms with Crippen LogP contribution in [0, 0.1) is 16.0 Å². The van der Waals surface area contributed by atoms with Gasteiger partial charge in [0, 0.05) is 12.0 Å². The molecule has 0 aliphatic heterocycles. The maximum atomic E-state index is 11.8. The van der Waals surface area contributed by atoms with Crippen LogP contribution >= 0.6 is 0 Å². The number of aliphatic hydroxyl groups is 1. The number of hydrogen-bond donors (Lipinski definition) is 1. The molecule has 1 fully saturated rings. The van der Waals surface area contributed by atoms with Gasteiger partial charge in [-0.2, -0.15) is 0 Å². The summed E-state index contributed by atoms with van der Waals surface area (Å²) in [6, 6.07) is 0. The second kappa shape index (κ2) is 5.40. The van der Waals surface area contributed by atoms with Crippen molar-refractivity contribution in [1.82, 2.24) is 0 Å². The highest BCUT2D eigenvalue weighted by molar-refractivity contribution is 5.83. The van der Waals surface area contributed by atoms with Crippen molar-refractivity contribution < 1.29 is 14.8 Å². The zero-order chi connectivity index (χ0) is 13.1. The fourth-order valence-electron chi connectivity index (χ4n) is 2.56. The minimum atomic E-state index is -1.36. The van der Waals surface area contributed by atoms with Crippen LogP contribution in [0.15, 0.2) is 11.8 Å². The van der Waals surface area contributed by atoms with Crippen molar-refractivity contribution >= 4 is 5.78 Å². The summed E-state index contributed by atoms with van der Waals surface area (Å²) < 4.78 is 0. The Kier molecular flexibility index (Phi) is 4.40. The van der Waals surface area contributed by atoms with Crippen molar-refractivity contribution in [3.8, 4) is 0 Å². The number of carbonyl (C=O) groups is 1. The molecule has 1 aliphatic rings. The van der Waals surface area contributed by atoms with Crippen LogP contribution in [0.1, 0.15) is 46.0 Å². The van der Waals surface area contributed by atoms with E-state index >= 15 is 0 Å². The number of carbonyl (C=O) groups excluding carboxylic acids is 1. The summed E-state index contributed by atoms with van der Waals surface area (Å²) in [6.07, 6.45) is 3.97. The molecular weight excluding hydrogens is 222 g/mol. The zero-order valence-corrected chi connectivity index (χ0v) is 10.3. The van der Waals surface area contributed by atoms with Gasteiger partial charge < -0.3 is 5.11 Å². The molecule has 0 aromatic rings. The van der Waals surface area contributed by atoms with Crippen molar-refractivity contribution in [2.24, 2.45) is 5.92 Å². The number of hydrogen-bond acceptors (Lipinski definition) is 4. The Bertz CT molecular complexity index is 350. The van der Waals surface area contributed by atoms with Gasteiger partial charge in [0.1, 0.15) is 11.4 Å². The molecule has 0 radical (unpaired) electrons. The molecule has 0 amide bonds. The fraction of sp³-hybridized carbons (Fsp3) is 0.750. The van der Waals surface area contributed by atoms with Gasteiger partial charge in [-0.05, 0) is 26.2 Å². The number of nitro groups is 1. The van der Waals surface area contributed by atoms with Crippen molar-refractivity contribution in [3.05, 3.63) is 21.9 Å². The number of rotatable bonds is 4. The van der Waals surface area contributed by atoms with Crippen LogP contribution in [0.3, 0.4) is 0 Å². The lowest BCUT2D eigenvalue weighted by molar-refractivity contribution is -0.404. The summed E-state index contributed by atoms with van der Waals surface area (Å²) in [6.45, 7) is 3.27. The average Bonchev–Trinajstić information content (AvgIpc) is 2.27. The van der Waals surface area contributed by atoms with Gasteiger partial charge in [0.15, 0.2) is 0 Å². The van der Waals surface area contributed by atoms with Gasteiger partial charge in [-0.25, -0.2) is 0 Å². The lowest BCUT2D eigenvalue weighted by Crippen LogP contribution is -2.44. The second-order valence-electron chi connectivity index (χ2n) is 4.64. The third-order valence-corrected chi connectivity index (χ3v) is 3.65. The maximum absolute atomic E-state index is 11.8. The van der Waals surface area contributed by atoms with Crippen molar-refractivity contribution in [1.29, 1.82) is 0 Å². The molecule has 1 aliphatic carbocycles. The van der Waals surface area contributed by atoms with E-state index in [9.17, 15) is 20.0 Å². The number of nitrogens with zero attached hydrogens (tertiary/aromatic N) is 1. The Morgan fingerprint density at radius 2 is 2.29 bits per heavy atom. The van der Waals surface area contributed by atoms with Crippen LogP contribution in [0.25, 0.3) is 0 Å². The normalized spacial score (nSPS) is 25.5. The summed E-state index contributed by atoms with van der Waals surface area (Å²) in [5.74, 6) is -0.464. The quantitative estimate of drug-likeness (QED) is 0.603. The number of Topliss-reactive ketones (excluding diaryl/α,β-unsaturated/α-hetero) is 1. The van der Waals surface area contributed by atoms with E-state index < -0.39 is 16.4 Å². The molecule has 2 unspecified atom stereocenters. The van der Waals surface area contributed by atoms with Crippen molar-refractivity contribution in [3.63, 3.8) is 0 Å². The molecule has 5 heteroatoms. The van der Waals surface area contributed by atoms with Gasteiger partial charge in [0.05, 0.1) is 10.8 Å². The highest BCUT2D eigenvalue weighted by atomic mass is 16.6. The first-order chi connectivity index (χ1) is 7.91. The predicted molar refractivity (Wildman–Crippen MR) is 63.0 cm³/mol. The van der Waals surface area contributed by atoms with Crippen LogP contribution in [-0.4, -0.2) is 21.4 Å². The van der Waals surface area contributed by atoms with Gasteiger partial charge in [-0.3, -0.25) is 14.9 Å². The highest BCUT2D eigenvalue weighted by Crippen LogP contribution is 2.37. The number of ketones is 1. The van der Waals surface area contributed by atoms with E-state index in [0.717, 1.165) is 19.0 Å². The Hall–Kier alpha value is -1.23. The fourth-order valence-corrected chi connectivity index (χ4v) is 2.56. The summed E-state index contributed by atoms with van der Waals surface area (Å²) in [7, 11) is 0. The Morgan fingerprint density at radius 3 is 2.76 bits per heavy atom. The molecule has 0 aromatic carbocycles. The molecule has 0 aromatic heterocycles. The van der Waals surface area contributed by atoms with Gasteiger partial charge in [0.2, 0.25) is 6.20 Å². The van der Waals surface area contributed by atoms with Crippen LogP contribution in [0.5, 0.6) is 0 Å². The topological polar surface area (TPSA) is 80.4 Å². The lowest BCUT2D eigenvalue weighted by atomic mass is 9.71. The monoisotopic (exact) mass is 241 g/mol. The summed E-state index contributed by atoms with van der Waals surface area (Å²) in [4.78, 5) is 21.7. The molecule has 1 rings (SSSR count). The van der Waals surface area contributed by atoms with Crippen molar-refractivity contribution in [2.45, 2.75) is 51.6 Å². The smallest absolute Gasteiger partial charge is 0.236 e. The lowest BCUT2D eigenvalue weighted by Gasteiger charge is -2.36. The van der Waals surface area contributed by atoms with E-state index in [2.05, 4.69) is 0 Å². The van der Waals surface area contributed by atoms with E-state index in [0.29, 0.717) is 19.3 Å². The molecule has 96 valence electrons. The van der Waals surface area contributed by atoms with Crippen LogP contribution in [-0.2, 0) is 4.79 Å².